The molecule has 2 aliphatic rings. The van der Waals surface area contributed by atoms with Gasteiger partial charge in [0, 0.05) is 44.6 Å². The molecule has 7 heteroatoms. The number of guanidine groups is 1. The number of imidazole rings is 1. The Morgan fingerprint density at radius 3 is 2.45 bits per heavy atom. The van der Waals surface area contributed by atoms with Crippen molar-refractivity contribution in [3.63, 3.8) is 0 Å². The van der Waals surface area contributed by atoms with Crippen LogP contribution in [0, 0.1) is 6.92 Å². The number of nitrogens with zero attached hydrogens (tertiary/aromatic N) is 4. The molecule has 2 heterocycles. The molecule has 0 bridgehead atoms. The van der Waals surface area contributed by atoms with E-state index >= 15 is 0 Å². The first-order valence-electron chi connectivity index (χ1n) is 11.4. The van der Waals surface area contributed by atoms with Gasteiger partial charge in [0.15, 0.2) is 5.96 Å². The quantitative estimate of drug-likeness (QED) is 0.238. The predicted octanol–water partition coefficient (Wildman–Crippen LogP) is 3.94. The fraction of sp³-hybridized carbons (Fsp3) is 0.818. The summed E-state index contributed by atoms with van der Waals surface area (Å²) in [5.41, 5.74) is 0.342. The molecule has 2 N–H and O–H groups in total. The number of likely N-dealkylation sites (tertiary alicyclic amines) is 1. The molecular weight excluding hydrogens is 475 g/mol. The summed E-state index contributed by atoms with van der Waals surface area (Å²) in [6.07, 6.45) is 17.2. The highest BCUT2D eigenvalue weighted by atomic mass is 127. The van der Waals surface area contributed by atoms with Crippen LogP contribution in [0.2, 0.25) is 0 Å². The Bertz CT molecular complexity index is 602. The van der Waals surface area contributed by atoms with Gasteiger partial charge in [-0.3, -0.25) is 9.89 Å². The van der Waals surface area contributed by atoms with Crippen molar-refractivity contribution in [1.82, 2.24) is 25.1 Å². The topological polar surface area (TPSA) is 57.5 Å². The van der Waals surface area contributed by atoms with Gasteiger partial charge in [-0.25, -0.2) is 4.98 Å². The van der Waals surface area contributed by atoms with E-state index in [0.717, 1.165) is 44.3 Å². The van der Waals surface area contributed by atoms with Crippen molar-refractivity contribution in [2.45, 2.75) is 83.2 Å². The van der Waals surface area contributed by atoms with Crippen molar-refractivity contribution >= 4 is 29.9 Å². The van der Waals surface area contributed by atoms with Crippen molar-refractivity contribution in [3.8, 4) is 0 Å². The first-order valence-corrected chi connectivity index (χ1v) is 11.4. The lowest BCUT2D eigenvalue weighted by Crippen LogP contribution is -2.59. The largest absolute Gasteiger partial charge is 0.356 e. The summed E-state index contributed by atoms with van der Waals surface area (Å²) in [7, 11) is 1.89. The molecule has 1 aliphatic heterocycles. The van der Waals surface area contributed by atoms with Gasteiger partial charge in [-0.15, -0.1) is 24.0 Å². The zero-order valence-corrected chi connectivity index (χ0v) is 20.8. The molecule has 29 heavy (non-hydrogen) atoms. The zero-order chi connectivity index (χ0) is 19.7. The van der Waals surface area contributed by atoms with Crippen LogP contribution in [-0.2, 0) is 6.54 Å². The molecule has 1 saturated carbocycles. The molecule has 1 aromatic heterocycles. The van der Waals surface area contributed by atoms with Gasteiger partial charge < -0.3 is 15.2 Å². The van der Waals surface area contributed by atoms with Crippen LogP contribution in [0.5, 0.6) is 0 Å². The fourth-order valence-corrected chi connectivity index (χ4v) is 4.91. The van der Waals surface area contributed by atoms with Crippen LogP contribution >= 0.6 is 24.0 Å². The van der Waals surface area contributed by atoms with E-state index in [-0.39, 0.29) is 24.0 Å². The monoisotopic (exact) mass is 516 g/mol. The zero-order valence-electron chi connectivity index (χ0n) is 18.5. The van der Waals surface area contributed by atoms with Crippen molar-refractivity contribution in [1.29, 1.82) is 0 Å². The lowest BCUT2D eigenvalue weighted by Gasteiger charge is -2.48. The minimum absolute atomic E-state index is 0. The van der Waals surface area contributed by atoms with E-state index < -0.39 is 0 Å². The number of hydrogen-bond acceptors (Lipinski definition) is 3. The van der Waals surface area contributed by atoms with Crippen LogP contribution in [0.25, 0.3) is 0 Å². The third kappa shape index (κ3) is 7.12. The average molecular weight is 517 g/mol. The van der Waals surface area contributed by atoms with E-state index in [1.165, 1.54) is 64.5 Å². The van der Waals surface area contributed by atoms with Gasteiger partial charge in [-0.1, -0.05) is 25.7 Å². The van der Waals surface area contributed by atoms with Gasteiger partial charge in [0.1, 0.15) is 5.82 Å². The van der Waals surface area contributed by atoms with Gasteiger partial charge in [0.2, 0.25) is 0 Å². The molecule has 3 rings (SSSR count). The highest BCUT2D eigenvalue weighted by Crippen LogP contribution is 2.35. The van der Waals surface area contributed by atoms with Crippen LogP contribution in [0.15, 0.2) is 17.4 Å². The molecule has 1 aromatic rings. The number of halogens is 1. The Balaban J connectivity index is 0.00000300. The average Bonchev–Trinajstić information content (AvgIpc) is 3.16. The number of rotatable bonds is 8. The summed E-state index contributed by atoms with van der Waals surface area (Å²) >= 11 is 0. The normalized spacial score (nSPS) is 20.1. The summed E-state index contributed by atoms with van der Waals surface area (Å²) < 4.78 is 2.22. The van der Waals surface area contributed by atoms with E-state index in [0.29, 0.717) is 5.54 Å². The highest BCUT2D eigenvalue weighted by Gasteiger charge is 2.38. The Morgan fingerprint density at radius 2 is 1.79 bits per heavy atom. The molecule has 6 nitrogen and oxygen atoms in total. The molecule has 0 aromatic carbocycles. The SMILES string of the molecule is CN=C(NCCCCn1ccnc1C)NCC1(N2CCCCC2)CCCCC1.I. The number of aliphatic imine (C=N–C) groups is 1. The van der Waals surface area contributed by atoms with Crippen LogP contribution < -0.4 is 10.6 Å². The minimum Gasteiger partial charge on any atom is -0.356 e. The van der Waals surface area contributed by atoms with Crippen molar-refractivity contribution < 1.29 is 0 Å². The molecular formula is C22H41IN6. The first kappa shape index (κ1) is 24.4. The molecule has 0 unspecified atom stereocenters. The smallest absolute Gasteiger partial charge is 0.191 e. The molecule has 0 spiro atoms. The molecule has 0 radical (unpaired) electrons. The Morgan fingerprint density at radius 1 is 1.07 bits per heavy atom. The fourth-order valence-electron chi connectivity index (χ4n) is 4.91. The van der Waals surface area contributed by atoms with E-state index in [1.54, 1.807) is 0 Å². The maximum atomic E-state index is 4.47. The Labute approximate surface area is 194 Å². The van der Waals surface area contributed by atoms with E-state index in [4.69, 9.17) is 0 Å². The van der Waals surface area contributed by atoms with E-state index in [9.17, 15) is 0 Å². The predicted molar refractivity (Wildman–Crippen MR) is 132 cm³/mol. The summed E-state index contributed by atoms with van der Waals surface area (Å²) in [5, 5.41) is 7.19. The third-order valence-electron chi connectivity index (χ3n) is 6.66. The maximum Gasteiger partial charge on any atom is 0.191 e. The lowest BCUT2D eigenvalue weighted by atomic mass is 9.79. The van der Waals surface area contributed by atoms with Crippen molar-refractivity contribution in [2.75, 3.05) is 33.2 Å². The minimum atomic E-state index is 0. The highest BCUT2D eigenvalue weighted by molar-refractivity contribution is 14.0. The number of aryl methyl sites for hydroxylation is 2. The van der Waals surface area contributed by atoms with E-state index in [1.807, 2.05) is 13.2 Å². The van der Waals surface area contributed by atoms with E-state index in [2.05, 4.69) is 43.2 Å². The number of nitrogens with one attached hydrogen (secondary N) is 2. The van der Waals surface area contributed by atoms with Gasteiger partial charge in [0.05, 0.1) is 0 Å². The van der Waals surface area contributed by atoms with Gasteiger partial charge in [-0.2, -0.15) is 0 Å². The van der Waals surface area contributed by atoms with Crippen LogP contribution in [0.4, 0.5) is 0 Å². The second-order valence-corrected chi connectivity index (χ2v) is 8.56. The Kier molecular flexibility index (Phi) is 10.8. The second-order valence-electron chi connectivity index (χ2n) is 8.56. The first-order chi connectivity index (χ1) is 13.7. The summed E-state index contributed by atoms with van der Waals surface area (Å²) in [6, 6.07) is 0. The van der Waals surface area contributed by atoms with Gasteiger partial charge in [0.25, 0.3) is 0 Å². The van der Waals surface area contributed by atoms with Crippen molar-refractivity contribution in [2.24, 2.45) is 4.99 Å². The van der Waals surface area contributed by atoms with Gasteiger partial charge in [-0.05, 0) is 58.5 Å². The lowest BCUT2D eigenvalue weighted by molar-refractivity contribution is 0.0368. The number of piperidine rings is 1. The Hall–Kier alpha value is -0.830. The molecule has 1 aliphatic carbocycles. The standard InChI is InChI=1S/C22H40N6.HI/c1-20-24-14-18-27(20)15-10-7-13-25-21(23-2)26-19-22(11-5-3-6-12-22)28-16-8-4-9-17-28;/h14,18H,3-13,15-17,19H2,1-2H3,(H2,23,25,26);1H. The molecule has 2 fully saturated rings. The van der Waals surface area contributed by atoms with Crippen LogP contribution in [0.3, 0.4) is 0 Å². The third-order valence-corrected chi connectivity index (χ3v) is 6.66. The molecule has 0 atom stereocenters. The van der Waals surface area contributed by atoms with Crippen molar-refractivity contribution in [3.05, 3.63) is 18.2 Å². The summed E-state index contributed by atoms with van der Waals surface area (Å²) in [4.78, 5) is 11.6. The molecule has 166 valence electrons. The molecule has 1 saturated heterocycles. The number of unbranched alkanes of at least 4 members (excludes halogenated alkanes) is 1. The number of hydrogen-bond donors (Lipinski definition) is 2. The summed E-state index contributed by atoms with van der Waals surface area (Å²) in [6.45, 7) is 7.65. The summed E-state index contributed by atoms with van der Waals surface area (Å²) in [5.74, 6) is 2.06. The van der Waals surface area contributed by atoms with Crippen LogP contribution in [0.1, 0.15) is 70.0 Å². The number of aromatic nitrogens is 2. The second kappa shape index (κ2) is 12.8. The maximum absolute atomic E-state index is 4.47. The molecule has 0 amide bonds. The van der Waals surface area contributed by atoms with Crippen LogP contribution in [-0.4, -0.2) is 59.2 Å². The van der Waals surface area contributed by atoms with Gasteiger partial charge >= 0.3 is 0 Å².